The molecule has 2 unspecified atom stereocenters. The molecular weight excluding hydrogens is 698 g/mol. The molecule has 0 heterocycles. The molecule has 0 aliphatic carbocycles. The Morgan fingerprint density at radius 3 is 1.06 bits per heavy atom. The highest BCUT2D eigenvalue weighted by Crippen LogP contribution is 2.34. The molecule has 0 fully saturated rings. The van der Waals surface area contributed by atoms with Crippen LogP contribution in [0.3, 0.4) is 0 Å². The van der Waals surface area contributed by atoms with Crippen LogP contribution in [0.15, 0.2) is 182 Å². The number of para-hydroxylation sites is 4. The molecule has 0 saturated heterocycles. The summed E-state index contributed by atoms with van der Waals surface area (Å²) >= 11 is 0. The molecule has 6 aromatic carbocycles. The van der Waals surface area contributed by atoms with Crippen molar-refractivity contribution in [3.8, 4) is 34.5 Å². The van der Waals surface area contributed by atoms with Crippen molar-refractivity contribution < 1.29 is 28.9 Å². The average molecular weight is 753 g/mol. The van der Waals surface area contributed by atoms with Gasteiger partial charge in [0.25, 0.3) is 9.03 Å². The molecule has 6 aromatic rings. The van der Waals surface area contributed by atoms with E-state index in [1.54, 1.807) is 60.7 Å². The summed E-state index contributed by atoms with van der Waals surface area (Å²) in [5, 5.41) is 26.7. The molecule has 0 aromatic heterocycles. The minimum absolute atomic E-state index is 0.0859. The van der Waals surface area contributed by atoms with Crippen molar-refractivity contribution in [2.45, 2.75) is 47.0 Å². The zero-order valence-corrected chi connectivity index (χ0v) is 33.6. The number of rotatable bonds is 7. The molecule has 0 saturated carbocycles. The first-order chi connectivity index (χ1) is 25.7. The van der Waals surface area contributed by atoms with Crippen LogP contribution in [-0.4, -0.2) is 15.3 Å². The lowest BCUT2D eigenvalue weighted by molar-refractivity contribution is 0.474. The third kappa shape index (κ3) is 20.4. The van der Waals surface area contributed by atoms with Crippen LogP contribution in [0.25, 0.3) is 0 Å². The number of phenols is 3. The Kier molecular flexibility index (Phi) is 24.4. The number of allylic oxidation sites excluding steroid dienone is 2. The lowest BCUT2D eigenvalue weighted by Crippen LogP contribution is -2.18. The summed E-state index contributed by atoms with van der Waals surface area (Å²) in [6.07, 6.45) is 4.00. The molecule has 3 N–H and O–H groups in total. The first-order valence-corrected chi connectivity index (χ1v) is 18.5. The van der Waals surface area contributed by atoms with Gasteiger partial charge in [-0.15, -0.1) is 0 Å². The van der Waals surface area contributed by atoms with Crippen LogP contribution < -0.4 is 13.6 Å². The Bertz CT molecular complexity index is 1690. The van der Waals surface area contributed by atoms with Gasteiger partial charge >= 0.3 is 0 Å². The van der Waals surface area contributed by atoms with E-state index in [4.69, 9.17) is 23.8 Å². The van der Waals surface area contributed by atoms with Crippen molar-refractivity contribution in [3.05, 3.63) is 193 Å². The van der Waals surface area contributed by atoms with Crippen molar-refractivity contribution in [3.63, 3.8) is 0 Å². The molecule has 0 bridgehead atoms. The molecular formula is C45H54O6P2. The lowest BCUT2D eigenvalue weighted by Gasteiger charge is -2.26. The second kappa shape index (κ2) is 28.3. The Morgan fingerprint density at radius 2 is 0.755 bits per heavy atom. The van der Waals surface area contributed by atoms with E-state index in [1.807, 2.05) is 137 Å². The first-order valence-electron chi connectivity index (χ1n) is 17.2. The minimum Gasteiger partial charge on any atom is -0.508 e. The summed E-state index contributed by atoms with van der Waals surface area (Å²) in [6, 6.07) is 52.0. The van der Waals surface area contributed by atoms with Gasteiger partial charge in [-0.1, -0.05) is 137 Å². The van der Waals surface area contributed by atoms with Crippen LogP contribution in [0.2, 0.25) is 0 Å². The molecule has 0 aliphatic rings. The summed E-state index contributed by atoms with van der Waals surface area (Å²) in [5.74, 6) is 3.37. The minimum atomic E-state index is -0.158. The number of hydrogen-bond acceptors (Lipinski definition) is 6. The summed E-state index contributed by atoms with van der Waals surface area (Å²) in [6.45, 7) is 12.3. The van der Waals surface area contributed by atoms with Gasteiger partial charge in [-0.05, 0) is 97.8 Å². The highest BCUT2D eigenvalue weighted by Gasteiger charge is 2.23. The molecule has 2 atom stereocenters. The zero-order valence-electron chi connectivity index (χ0n) is 31.5. The fraction of sp³-hybridized carbons (Fsp3) is 0.156. The number of hydrogen-bond donors (Lipinski definition) is 3. The van der Waals surface area contributed by atoms with E-state index in [9.17, 15) is 5.11 Å². The third-order valence-corrected chi connectivity index (χ3v) is 7.86. The van der Waals surface area contributed by atoms with Crippen molar-refractivity contribution in [1.29, 1.82) is 0 Å². The molecule has 0 spiro atoms. The van der Waals surface area contributed by atoms with E-state index < -0.39 is 0 Å². The fourth-order valence-electron chi connectivity index (χ4n) is 3.95. The maximum Gasteiger partial charge on any atom is 0.275 e. The van der Waals surface area contributed by atoms with Gasteiger partial charge in [0, 0.05) is 5.41 Å². The first kappa shape index (κ1) is 45.7. The maximum absolute atomic E-state index is 9.47. The molecule has 8 heteroatoms. The van der Waals surface area contributed by atoms with Gasteiger partial charge in [-0.2, -0.15) is 0 Å². The zero-order chi connectivity index (χ0) is 39.2. The predicted octanol–water partition coefficient (Wildman–Crippen LogP) is 12.9. The summed E-state index contributed by atoms with van der Waals surface area (Å²) in [4.78, 5) is 0. The van der Waals surface area contributed by atoms with Crippen molar-refractivity contribution in [1.82, 2.24) is 0 Å². The van der Waals surface area contributed by atoms with E-state index in [2.05, 4.69) is 35.4 Å². The van der Waals surface area contributed by atoms with E-state index in [0.717, 1.165) is 22.8 Å². The van der Waals surface area contributed by atoms with Gasteiger partial charge in [0.05, 0.1) is 9.47 Å². The smallest absolute Gasteiger partial charge is 0.275 e. The number of benzene rings is 6. The molecule has 6 rings (SSSR count). The normalized spacial score (nSPS) is 9.87. The SMILES string of the molecule is CC.CC(C)(c1ccc(O)cc1)c1ccc(OPOc2ccccc2)cc1.CC=CC.Oc1ccccc1.Oc1ccccc1.POc1ccccc1. The van der Waals surface area contributed by atoms with Gasteiger partial charge in [0.1, 0.15) is 34.5 Å². The van der Waals surface area contributed by atoms with Gasteiger partial charge in [-0.3, -0.25) is 0 Å². The Labute approximate surface area is 321 Å². The standard InChI is InChI=1S/C21H21O3P.C6H7OP.2C6H6O.C4H8.C2H6/c1-21(2,16-8-12-18(22)13-9-16)17-10-14-20(15-11-17)24-25-23-19-6-4-3-5-7-19;8-7-6-4-2-1-3-5-6;2*7-6-4-2-1-3-5-6;1-3-4-2;1-2/h3-15,22,25H,1-2H3;1-5H,8H2;2*1-5,7H;3-4H,1-2H3;1-2H3. The molecule has 280 valence electrons. The lowest BCUT2D eigenvalue weighted by atomic mass is 9.78. The fourth-order valence-corrected chi connectivity index (χ4v) is 4.61. The van der Waals surface area contributed by atoms with Crippen LogP contribution >= 0.6 is 18.5 Å². The highest BCUT2D eigenvalue weighted by atomic mass is 31.1. The van der Waals surface area contributed by atoms with E-state index >= 15 is 0 Å². The molecule has 53 heavy (non-hydrogen) atoms. The van der Waals surface area contributed by atoms with Crippen molar-refractivity contribution in [2.75, 3.05) is 0 Å². The molecule has 0 amide bonds. The number of phenolic OH excluding ortho intramolecular Hbond substituents is 3. The largest absolute Gasteiger partial charge is 0.508 e. The second-order valence-electron chi connectivity index (χ2n) is 11.1. The van der Waals surface area contributed by atoms with Crippen LogP contribution in [-0.2, 0) is 5.41 Å². The van der Waals surface area contributed by atoms with Crippen molar-refractivity contribution >= 4 is 18.5 Å². The Balaban J connectivity index is 0.000000405. The predicted molar refractivity (Wildman–Crippen MR) is 228 cm³/mol. The highest BCUT2D eigenvalue weighted by molar-refractivity contribution is 7.27. The van der Waals surface area contributed by atoms with E-state index in [0.29, 0.717) is 11.5 Å². The summed E-state index contributed by atoms with van der Waals surface area (Å²) in [7, 11) is 2.11. The average Bonchev–Trinajstić information content (AvgIpc) is 3.21. The Hall–Kier alpha value is -5.28. The van der Waals surface area contributed by atoms with Gasteiger partial charge in [0.15, 0.2) is 0 Å². The van der Waals surface area contributed by atoms with Crippen molar-refractivity contribution in [2.24, 2.45) is 0 Å². The Morgan fingerprint density at radius 1 is 0.453 bits per heavy atom. The summed E-state index contributed by atoms with van der Waals surface area (Å²) in [5.41, 5.74) is 2.17. The quantitative estimate of drug-likeness (QED) is 0.111. The molecule has 0 radical (unpaired) electrons. The van der Waals surface area contributed by atoms with Crippen LogP contribution in [0, 0.1) is 0 Å². The van der Waals surface area contributed by atoms with Crippen LogP contribution in [0.4, 0.5) is 0 Å². The third-order valence-electron chi connectivity index (χ3n) is 6.95. The van der Waals surface area contributed by atoms with Crippen LogP contribution in [0.5, 0.6) is 34.5 Å². The molecule has 6 nitrogen and oxygen atoms in total. The van der Waals surface area contributed by atoms with Gasteiger partial charge in [0.2, 0.25) is 0 Å². The number of aromatic hydroxyl groups is 3. The topological polar surface area (TPSA) is 88.4 Å². The molecule has 0 aliphatic heterocycles. The maximum atomic E-state index is 9.47. The monoisotopic (exact) mass is 752 g/mol. The van der Waals surface area contributed by atoms with Gasteiger partial charge < -0.3 is 28.9 Å². The summed E-state index contributed by atoms with van der Waals surface area (Å²) < 4.78 is 16.1. The van der Waals surface area contributed by atoms with E-state index in [1.165, 1.54) is 5.56 Å². The van der Waals surface area contributed by atoms with Gasteiger partial charge in [-0.25, -0.2) is 0 Å². The van der Waals surface area contributed by atoms with E-state index in [-0.39, 0.29) is 20.2 Å². The van der Waals surface area contributed by atoms with Crippen LogP contribution in [0.1, 0.15) is 52.7 Å². The second-order valence-corrected chi connectivity index (χ2v) is 11.9.